The predicted octanol–water partition coefficient (Wildman–Crippen LogP) is 25.3. The molecule has 0 aliphatic rings. The Bertz CT molecular complexity index is 1310. The number of carbonyl (C=O) groups is 3. The second-order valence-electron chi connectivity index (χ2n) is 25.2. The highest BCUT2D eigenvalue weighted by Crippen LogP contribution is 2.19. The zero-order valence-corrected chi connectivity index (χ0v) is 55.1. The highest BCUT2D eigenvalue weighted by molar-refractivity contribution is 5.71. The minimum absolute atomic E-state index is 0.0648. The molecule has 6 nitrogen and oxygen atoms in total. The Morgan fingerprint density at radius 2 is 0.444 bits per heavy atom. The summed E-state index contributed by atoms with van der Waals surface area (Å²) in [5.41, 5.74) is 0. The number of rotatable bonds is 69. The zero-order chi connectivity index (χ0) is 58.5. The van der Waals surface area contributed by atoms with Gasteiger partial charge in [0, 0.05) is 19.3 Å². The van der Waals surface area contributed by atoms with Crippen molar-refractivity contribution in [3.8, 4) is 0 Å². The summed E-state index contributed by atoms with van der Waals surface area (Å²) in [6.07, 6.45) is 86.7. The van der Waals surface area contributed by atoms with Crippen molar-refractivity contribution in [3.05, 3.63) is 24.3 Å². The molecule has 0 spiro atoms. The van der Waals surface area contributed by atoms with E-state index in [2.05, 4.69) is 45.1 Å². The second-order valence-corrected chi connectivity index (χ2v) is 25.2. The molecule has 0 saturated heterocycles. The maximum Gasteiger partial charge on any atom is 0.306 e. The molecule has 0 heterocycles. The highest BCUT2D eigenvalue weighted by atomic mass is 16.6. The average Bonchev–Trinajstić information content (AvgIpc) is 3.47. The number of unbranched alkanes of at least 4 members (excludes halogenated alkanes) is 54. The van der Waals surface area contributed by atoms with Crippen LogP contribution in [0.4, 0.5) is 0 Å². The fourth-order valence-electron chi connectivity index (χ4n) is 11.4. The van der Waals surface area contributed by atoms with Gasteiger partial charge in [-0.3, -0.25) is 14.4 Å². The van der Waals surface area contributed by atoms with Gasteiger partial charge in [-0.1, -0.05) is 373 Å². The third-order valence-electron chi connectivity index (χ3n) is 17.0. The molecule has 0 saturated carbocycles. The number of carbonyl (C=O) groups excluding carboxylic acids is 3. The molecule has 0 bridgehead atoms. The summed E-state index contributed by atoms with van der Waals surface area (Å²) in [6, 6.07) is 0. The molecule has 0 radical (unpaired) electrons. The molecule has 0 aromatic rings. The minimum atomic E-state index is -0.767. The fraction of sp³-hybridized carbons (Fsp3) is 0.907. The van der Waals surface area contributed by atoms with Crippen LogP contribution in [0, 0.1) is 0 Å². The molecule has 81 heavy (non-hydrogen) atoms. The molecule has 1 atom stereocenters. The molecule has 478 valence electrons. The van der Waals surface area contributed by atoms with E-state index < -0.39 is 6.10 Å². The third-order valence-corrected chi connectivity index (χ3v) is 17.0. The molecule has 0 aromatic heterocycles. The Morgan fingerprint density at radius 3 is 0.679 bits per heavy atom. The summed E-state index contributed by atoms with van der Waals surface area (Å²) in [6.45, 7) is 6.69. The molecular weight excluding hydrogens is 997 g/mol. The maximum atomic E-state index is 12.9. The van der Waals surface area contributed by atoms with Crippen molar-refractivity contribution in [2.45, 2.75) is 425 Å². The van der Waals surface area contributed by atoms with Crippen LogP contribution in [0.25, 0.3) is 0 Å². The number of hydrogen-bond acceptors (Lipinski definition) is 6. The molecule has 0 aliphatic carbocycles. The van der Waals surface area contributed by atoms with Gasteiger partial charge in [0.25, 0.3) is 0 Å². The van der Waals surface area contributed by atoms with Crippen LogP contribution >= 0.6 is 0 Å². The lowest BCUT2D eigenvalue weighted by atomic mass is 10.0. The molecule has 0 aromatic carbocycles. The van der Waals surface area contributed by atoms with Crippen LogP contribution in [-0.4, -0.2) is 37.2 Å². The molecule has 6 heteroatoms. The SMILES string of the molecule is CCCCCCC/C=C\C/C=C\CCCCCCCCCCCCCCCC(=O)OC(COC(=O)CCCCCCCCCCC)COC(=O)CCCCCCCCCCCCCCCCCCCCCCCCCCCCCCC. The highest BCUT2D eigenvalue weighted by Gasteiger charge is 2.20. The van der Waals surface area contributed by atoms with E-state index in [0.29, 0.717) is 19.3 Å². The van der Waals surface area contributed by atoms with Crippen molar-refractivity contribution in [3.63, 3.8) is 0 Å². The molecule has 0 amide bonds. The van der Waals surface area contributed by atoms with E-state index in [0.717, 1.165) is 64.2 Å². The lowest BCUT2D eigenvalue weighted by molar-refractivity contribution is -0.167. The van der Waals surface area contributed by atoms with Gasteiger partial charge in [0.2, 0.25) is 0 Å². The summed E-state index contributed by atoms with van der Waals surface area (Å²) >= 11 is 0. The fourth-order valence-corrected chi connectivity index (χ4v) is 11.4. The average molecular weight is 1140 g/mol. The maximum absolute atomic E-state index is 12.9. The lowest BCUT2D eigenvalue weighted by Gasteiger charge is -2.18. The Labute approximate surface area is 506 Å². The topological polar surface area (TPSA) is 78.9 Å². The van der Waals surface area contributed by atoms with Gasteiger partial charge in [0.15, 0.2) is 6.10 Å². The first-order valence-electron chi connectivity index (χ1n) is 36.8. The van der Waals surface area contributed by atoms with Crippen molar-refractivity contribution < 1.29 is 28.6 Å². The molecule has 0 rings (SSSR count). The van der Waals surface area contributed by atoms with Crippen LogP contribution in [0.3, 0.4) is 0 Å². The molecule has 1 unspecified atom stereocenters. The quantitative estimate of drug-likeness (QED) is 0.0261. The first-order chi connectivity index (χ1) is 40.0. The number of esters is 3. The molecule has 0 aliphatic heterocycles. The van der Waals surface area contributed by atoms with E-state index in [9.17, 15) is 14.4 Å². The van der Waals surface area contributed by atoms with Gasteiger partial charge in [-0.2, -0.15) is 0 Å². The van der Waals surface area contributed by atoms with Crippen molar-refractivity contribution in [1.82, 2.24) is 0 Å². The third kappa shape index (κ3) is 68.6. The van der Waals surface area contributed by atoms with Gasteiger partial charge in [0.1, 0.15) is 13.2 Å². The summed E-state index contributed by atoms with van der Waals surface area (Å²) in [4.78, 5) is 38.3. The lowest BCUT2D eigenvalue weighted by Crippen LogP contribution is -2.30. The number of ether oxygens (including phenoxy) is 3. The van der Waals surface area contributed by atoms with Crippen molar-refractivity contribution in [2.24, 2.45) is 0 Å². The van der Waals surface area contributed by atoms with E-state index >= 15 is 0 Å². The van der Waals surface area contributed by atoms with Crippen LogP contribution in [0.5, 0.6) is 0 Å². The summed E-state index contributed by atoms with van der Waals surface area (Å²) < 4.78 is 17.0. The standard InChI is InChI=1S/C75H142O6/c1-4-7-10-13-16-19-21-23-25-27-29-31-33-35-36-37-38-40-41-43-45-47-49-51-53-56-59-62-65-68-74(77)80-71-72(70-79-73(76)67-64-61-58-55-18-15-12-9-6-3)81-75(78)69-66-63-60-57-54-52-50-48-46-44-42-39-34-32-30-28-26-24-22-20-17-14-11-8-5-2/h22,24,28,30,72H,4-21,23,25-27,29,31-71H2,1-3H3/b24-22-,30-28-. The van der Waals surface area contributed by atoms with Crippen LogP contribution < -0.4 is 0 Å². The Kier molecular flexibility index (Phi) is 68.5. The van der Waals surface area contributed by atoms with Gasteiger partial charge in [-0.15, -0.1) is 0 Å². The first-order valence-corrected chi connectivity index (χ1v) is 36.8. The van der Waals surface area contributed by atoms with Gasteiger partial charge < -0.3 is 14.2 Å². The van der Waals surface area contributed by atoms with Gasteiger partial charge in [-0.05, 0) is 51.4 Å². The normalized spacial score (nSPS) is 12.1. The van der Waals surface area contributed by atoms with Gasteiger partial charge >= 0.3 is 17.9 Å². The first kappa shape index (κ1) is 78.9. The largest absolute Gasteiger partial charge is 0.462 e. The van der Waals surface area contributed by atoms with E-state index in [1.165, 1.54) is 315 Å². The van der Waals surface area contributed by atoms with Crippen molar-refractivity contribution >= 4 is 17.9 Å². The van der Waals surface area contributed by atoms with Crippen molar-refractivity contribution in [1.29, 1.82) is 0 Å². The van der Waals surface area contributed by atoms with E-state index in [1.54, 1.807) is 0 Å². The van der Waals surface area contributed by atoms with Crippen LogP contribution in [0.15, 0.2) is 24.3 Å². The smallest absolute Gasteiger partial charge is 0.306 e. The van der Waals surface area contributed by atoms with Gasteiger partial charge in [0.05, 0.1) is 0 Å². The summed E-state index contributed by atoms with van der Waals surface area (Å²) in [5, 5.41) is 0. The van der Waals surface area contributed by atoms with E-state index in [1.807, 2.05) is 0 Å². The Balaban J connectivity index is 4.06. The molecular formula is C75H142O6. The minimum Gasteiger partial charge on any atom is -0.462 e. The molecule has 0 N–H and O–H groups in total. The second kappa shape index (κ2) is 70.4. The number of allylic oxidation sites excluding steroid dienone is 4. The predicted molar refractivity (Wildman–Crippen MR) is 353 cm³/mol. The van der Waals surface area contributed by atoms with E-state index in [4.69, 9.17) is 14.2 Å². The Morgan fingerprint density at radius 1 is 0.247 bits per heavy atom. The van der Waals surface area contributed by atoms with E-state index in [-0.39, 0.29) is 31.1 Å². The van der Waals surface area contributed by atoms with Crippen LogP contribution in [0.2, 0.25) is 0 Å². The van der Waals surface area contributed by atoms with Crippen LogP contribution in [-0.2, 0) is 28.6 Å². The summed E-state index contributed by atoms with van der Waals surface area (Å²) in [5.74, 6) is -0.837. The van der Waals surface area contributed by atoms with Crippen LogP contribution in [0.1, 0.15) is 419 Å². The monoisotopic (exact) mass is 1140 g/mol. The Hall–Kier alpha value is -2.11. The molecule has 0 fully saturated rings. The summed E-state index contributed by atoms with van der Waals surface area (Å²) in [7, 11) is 0. The zero-order valence-electron chi connectivity index (χ0n) is 55.1. The number of hydrogen-bond donors (Lipinski definition) is 0. The van der Waals surface area contributed by atoms with Crippen molar-refractivity contribution in [2.75, 3.05) is 13.2 Å². The van der Waals surface area contributed by atoms with Gasteiger partial charge in [-0.25, -0.2) is 0 Å².